The molecule has 0 spiro atoms. The first-order valence-electron chi connectivity index (χ1n) is 6.78. The second kappa shape index (κ2) is 6.54. The van der Waals surface area contributed by atoms with Crippen LogP contribution in [0.1, 0.15) is 37.2 Å². The molecule has 0 aliphatic carbocycles. The highest BCUT2D eigenvalue weighted by molar-refractivity contribution is 5.36. The first-order chi connectivity index (χ1) is 9.65. The van der Waals surface area contributed by atoms with Crippen LogP contribution >= 0.6 is 0 Å². The number of nitrogens with two attached hydrogens (primary N) is 1. The average Bonchev–Trinajstić information content (AvgIpc) is 2.93. The van der Waals surface area contributed by atoms with Crippen molar-refractivity contribution in [3.05, 3.63) is 47.8 Å². The van der Waals surface area contributed by atoms with E-state index in [1.165, 1.54) is 0 Å². The van der Waals surface area contributed by atoms with Crippen LogP contribution < -0.4 is 16.0 Å². The summed E-state index contributed by atoms with van der Waals surface area (Å²) in [5.74, 6) is 6.53. The van der Waals surface area contributed by atoms with Gasteiger partial charge in [-0.1, -0.05) is 18.2 Å². The number of rotatable bonds is 6. The number of para-hydroxylation sites is 1. The van der Waals surface area contributed by atoms with Gasteiger partial charge in [-0.05, 0) is 26.0 Å². The molecule has 1 unspecified atom stereocenters. The van der Waals surface area contributed by atoms with Gasteiger partial charge in [0.25, 0.3) is 0 Å². The maximum Gasteiger partial charge on any atom is 0.123 e. The molecule has 0 fully saturated rings. The number of benzene rings is 1. The van der Waals surface area contributed by atoms with Gasteiger partial charge in [-0.2, -0.15) is 5.10 Å². The van der Waals surface area contributed by atoms with Crippen molar-refractivity contribution in [3.8, 4) is 5.75 Å². The highest BCUT2D eigenvalue weighted by atomic mass is 16.5. The van der Waals surface area contributed by atoms with Crippen LogP contribution in [-0.2, 0) is 6.42 Å². The molecule has 0 saturated carbocycles. The highest BCUT2D eigenvalue weighted by Crippen LogP contribution is 2.26. The zero-order valence-electron chi connectivity index (χ0n) is 12.2. The van der Waals surface area contributed by atoms with E-state index in [4.69, 9.17) is 10.6 Å². The minimum absolute atomic E-state index is 0.0262. The molecule has 2 rings (SSSR count). The van der Waals surface area contributed by atoms with Crippen molar-refractivity contribution in [2.75, 3.05) is 7.11 Å². The van der Waals surface area contributed by atoms with E-state index in [2.05, 4.69) is 24.4 Å². The van der Waals surface area contributed by atoms with Crippen molar-refractivity contribution < 1.29 is 4.74 Å². The maximum atomic E-state index is 5.70. The van der Waals surface area contributed by atoms with Gasteiger partial charge in [0, 0.05) is 24.2 Å². The van der Waals surface area contributed by atoms with Crippen molar-refractivity contribution in [2.24, 2.45) is 5.84 Å². The Balaban J connectivity index is 2.19. The topological polar surface area (TPSA) is 65.1 Å². The summed E-state index contributed by atoms with van der Waals surface area (Å²) in [6, 6.07) is 10.2. The third-order valence-electron chi connectivity index (χ3n) is 3.32. The van der Waals surface area contributed by atoms with E-state index in [1.807, 2.05) is 41.2 Å². The number of aromatic nitrogens is 2. The van der Waals surface area contributed by atoms with E-state index >= 15 is 0 Å². The Kier molecular flexibility index (Phi) is 4.76. The second-order valence-electron chi connectivity index (χ2n) is 5.05. The molecule has 1 aromatic heterocycles. The zero-order valence-corrected chi connectivity index (χ0v) is 12.2. The Hall–Kier alpha value is -1.85. The van der Waals surface area contributed by atoms with Crippen LogP contribution in [0, 0.1) is 0 Å². The number of hydrazine groups is 1. The summed E-state index contributed by atoms with van der Waals surface area (Å²) < 4.78 is 7.34. The van der Waals surface area contributed by atoms with Gasteiger partial charge in [0.2, 0.25) is 0 Å². The lowest BCUT2D eigenvalue weighted by atomic mass is 10.0. The number of hydrogen-bond donors (Lipinski definition) is 2. The van der Waals surface area contributed by atoms with Crippen LogP contribution in [0.15, 0.2) is 36.5 Å². The molecule has 1 atom stereocenters. The van der Waals surface area contributed by atoms with Gasteiger partial charge in [-0.15, -0.1) is 0 Å². The lowest BCUT2D eigenvalue weighted by Gasteiger charge is -2.18. The summed E-state index contributed by atoms with van der Waals surface area (Å²) in [4.78, 5) is 0. The molecule has 20 heavy (non-hydrogen) atoms. The quantitative estimate of drug-likeness (QED) is 0.626. The Morgan fingerprint density at radius 3 is 2.65 bits per heavy atom. The molecule has 1 aromatic carbocycles. The number of ether oxygens (including phenoxy) is 1. The molecule has 0 saturated heterocycles. The Labute approximate surface area is 119 Å². The first kappa shape index (κ1) is 14.6. The van der Waals surface area contributed by atoms with Crippen LogP contribution in [-0.4, -0.2) is 16.9 Å². The second-order valence-corrected chi connectivity index (χ2v) is 5.05. The van der Waals surface area contributed by atoms with Crippen LogP contribution in [0.4, 0.5) is 0 Å². The fourth-order valence-corrected chi connectivity index (χ4v) is 2.20. The third kappa shape index (κ3) is 3.18. The molecular formula is C15H22N4O. The predicted molar refractivity (Wildman–Crippen MR) is 79.4 cm³/mol. The van der Waals surface area contributed by atoms with Gasteiger partial charge >= 0.3 is 0 Å². The van der Waals surface area contributed by atoms with E-state index in [9.17, 15) is 0 Å². The number of hydrogen-bond acceptors (Lipinski definition) is 4. The molecule has 0 aliphatic rings. The fraction of sp³-hybridized carbons (Fsp3) is 0.400. The number of nitrogens with one attached hydrogen (secondary N) is 1. The summed E-state index contributed by atoms with van der Waals surface area (Å²) in [7, 11) is 1.67. The summed E-state index contributed by atoms with van der Waals surface area (Å²) in [6.07, 6.45) is 2.71. The lowest BCUT2D eigenvalue weighted by molar-refractivity contribution is 0.398. The highest BCUT2D eigenvalue weighted by Gasteiger charge is 2.16. The summed E-state index contributed by atoms with van der Waals surface area (Å²) in [5, 5.41) is 4.56. The maximum absolute atomic E-state index is 5.70. The minimum Gasteiger partial charge on any atom is -0.496 e. The van der Waals surface area contributed by atoms with Crippen LogP contribution in [0.5, 0.6) is 5.75 Å². The number of methoxy groups -OCH3 is 1. The van der Waals surface area contributed by atoms with Crippen molar-refractivity contribution in [3.63, 3.8) is 0 Å². The molecule has 1 heterocycles. The molecule has 5 nitrogen and oxygen atoms in total. The Morgan fingerprint density at radius 1 is 1.30 bits per heavy atom. The van der Waals surface area contributed by atoms with Crippen molar-refractivity contribution in [1.82, 2.24) is 15.2 Å². The van der Waals surface area contributed by atoms with Gasteiger partial charge in [-0.25, -0.2) is 0 Å². The Morgan fingerprint density at radius 2 is 2.05 bits per heavy atom. The SMILES string of the molecule is COc1ccccc1C(Cc1ccn(C(C)C)n1)NN. The van der Waals surface area contributed by atoms with Gasteiger partial charge in [0.1, 0.15) is 5.75 Å². The van der Waals surface area contributed by atoms with E-state index in [1.54, 1.807) is 7.11 Å². The van der Waals surface area contributed by atoms with E-state index in [0.717, 1.165) is 23.4 Å². The minimum atomic E-state index is -0.0262. The van der Waals surface area contributed by atoms with Gasteiger partial charge in [-0.3, -0.25) is 16.0 Å². The third-order valence-corrected chi connectivity index (χ3v) is 3.32. The summed E-state index contributed by atoms with van der Waals surface area (Å²) >= 11 is 0. The van der Waals surface area contributed by atoms with Gasteiger partial charge < -0.3 is 4.74 Å². The smallest absolute Gasteiger partial charge is 0.123 e. The predicted octanol–water partition coefficient (Wildman–Crippen LogP) is 2.22. The van der Waals surface area contributed by atoms with Crippen molar-refractivity contribution >= 4 is 0 Å². The van der Waals surface area contributed by atoms with Gasteiger partial charge in [0.05, 0.1) is 18.8 Å². The normalized spacial score (nSPS) is 12.7. The molecular weight excluding hydrogens is 252 g/mol. The fourth-order valence-electron chi connectivity index (χ4n) is 2.20. The van der Waals surface area contributed by atoms with Crippen LogP contribution in [0.2, 0.25) is 0 Å². The largest absolute Gasteiger partial charge is 0.496 e. The monoisotopic (exact) mass is 274 g/mol. The average molecular weight is 274 g/mol. The molecule has 108 valence electrons. The summed E-state index contributed by atoms with van der Waals surface area (Å²) in [6.45, 7) is 4.21. The molecule has 0 radical (unpaired) electrons. The van der Waals surface area contributed by atoms with Gasteiger partial charge in [0.15, 0.2) is 0 Å². The van der Waals surface area contributed by atoms with Crippen molar-refractivity contribution in [2.45, 2.75) is 32.4 Å². The van der Waals surface area contributed by atoms with Crippen molar-refractivity contribution in [1.29, 1.82) is 0 Å². The molecule has 2 aromatic rings. The van der Waals surface area contributed by atoms with Crippen LogP contribution in [0.3, 0.4) is 0 Å². The Bertz CT molecular complexity index is 550. The molecule has 0 aliphatic heterocycles. The van der Waals surface area contributed by atoms with E-state index < -0.39 is 0 Å². The zero-order chi connectivity index (χ0) is 14.5. The molecule has 3 N–H and O–H groups in total. The standard InChI is InChI=1S/C15H22N4O/c1-11(2)19-9-8-12(18-19)10-14(17-16)13-6-4-5-7-15(13)20-3/h4-9,11,14,17H,10,16H2,1-3H3. The lowest BCUT2D eigenvalue weighted by Crippen LogP contribution is -2.30. The number of nitrogens with zero attached hydrogens (tertiary/aromatic N) is 2. The summed E-state index contributed by atoms with van der Waals surface area (Å²) in [5.41, 5.74) is 4.90. The molecule has 5 heteroatoms. The van der Waals surface area contributed by atoms with E-state index in [-0.39, 0.29) is 6.04 Å². The molecule has 0 bridgehead atoms. The molecule has 0 amide bonds. The van der Waals surface area contributed by atoms with E-state index in [0.29, 0.717) is 6.04 Å². The van der Waals surface area contributed by atoms with Crippen LogP contribution in [0.25, 0.3) is 0 Å². The first-order valence-corrected chi connectivity index (χ1v) is 6.78.